The zero-order valence-electron chi connectivity index (χ0n) is 14.7. The van der Waals surface area contributed by atoms with E-state index in [2.05, 4.69) is 5.32 Å². The van der Waals surface area contributed by atoms with Gasteiger partial charge in [0.2, 0.25) is 0 Å². The van der Waals surface area contributed by atoms with E-state index in [1.54, 1.807) is 24.3 Å². The molecule has 0 aliphatic carbocycles. The second-order valence-electron chi connectivity index (χ2n) is 6.39. The van der Waals surface area contributed by atoms with Gasteiger partial charge in [0.15, 0.2) is 0 Å². The maximum absolute atomic E-state index is 12.5. The van der Waals surface area contributed by atoms with Crippen molar-refractivity contribution < 1.29 is 19.4 Å². The van der Waals surface area contributed by atoms with E-state index in [4.69, 9.17) is 16.3 Å². The Balaban J connectivity index is 1.48. The lowest BCUT2D eigenvalue weighted by Crippen LogP contribution is -2.40. The van der Waals surface area contributed by atoms with Crippen LogP contribution in [0.5, 0.6) is 5.75 Å². The van der Waals surface area contributed by atoms with E-state index in [0.717, 1.165) is 10.5 Å². The smallest absolute Gasteiger partial charge is 0.324 e. The number of carbonyl (C=O) groups excluding carboxylic acids is 2. The molecule has 1 aliphatic heterocycles. The van der Waals surface area contributed by atoms with Crippen LogP contribution < -0.4 is 10.1 Å². The van der Waals surface area contributed by atoms with Gasteiger partial charge in [-0.15, -0.1) is 0 Å². The maximum atomic E-state index is 12.5. The Labute approximate surface area is 162 Å². The summed E-state index contributed by atoms with van der Waals surface area (Å²) in [6.45, 7) is -0.145. The van der Waals surface area contributed by atoms with E-state index in [-0.39, 0.29) is 19.1 Å². The zero-order valence-corrected chi connectivity index (χ0v) is 15.4. The lowest BCUT2D eigenvalue weighted by atomic mass is 10.1. The summed E-state index contributed by atoms with van der Waals surface area (Å²) in [4.78, 5) is 25.6. The second kappa shape index (κ2) is 8.88. The van der Waals surface area contributed by atoms with Crippen LogP contribution in [0.2, 0.25) is 5.02 Å². The molecule has 0 bridgehead atoms. The summed E-state index contributed by atoms with van der Waals surface area (Å²) in [6.07, 6.45) is 0.221. The molecule has 0 saturated carbocycles. The van der Waals surface area contributed by atoms with E-state index < -0.39 is 18.2 Å². The highest BCUT2D eigenvalue weighted by Gasteiger charge is 2.38. The number of ether oxygens (including phenoxy) is 1. The van der Waals surface area contributed by atoms with Crippen LogP contribution in [-0.2, 0) is 11.2 Å². The van der Waals surface area contributed by atoms with Crippen molar-refractivity contribution in [1.29, 1.82) is 0 Å². The fourth-order valence-electron chi connectivity index (χ4n) is 2.89. The minimum atomic E-state index is -0.983. The van der Waals surface area contributed by atoms with Crippen LogP contribution in [0, 0.1) is 0 Å². The molecule has 0 spiro atoms. The van der Waals surface area contributed by atoms with Crippen molar-refractivity contribution in [2.24, 2.45) is 0 Å². The number of aliphatic hydroxyl groups excluding tert-OH is 1. The lowest BCUT2D eigenvalue weighted by molar-refractivity contribution is -0.128. The van der Waals surface area contributed by atoms with Crippen molar-refractivity contribution in [3.8, 4) is 5.75 Å². The lowest BCUT2D eigenvalue weighted by Gasteiger charge is -2.18. The first kappa shape index (κ1) is 19.2. The Morgan fingerprint density at radius 3 is 2.52 bits per heavy atom. The fourth-order valence-corrected chi connectivity index (χ4v) is 3.01. The molecule has 1 fully saturated rings. The molecule has 2 aromatic rings. The summed E-state index contributed by atoms with van der Waals surface area (Å²) in [5.74, 6) is 0.234. The number of amides is 3. The Kier molecular flexibility index (Phi) is 6.32. The SMILES string of the molecule is O=C1NC(CCc2ccccc2)C(=O)N1CC(O)COc1ccc(Cl)cc1. The van der Waals surface area contributed by atoms with Gasteiger partial charge in [0.25, 0.3) is 5.91 Å². The van der Waals surface area contributed by atoms with Gasteiger partial charge in [-0.2, -0.15) is 0 Å². The molecule has 6 nitrogen and oxygen atoms in total. The van der Waals surface area contributed by atoms with Crippen molar-refractivity contribution in [2.45, 2.75) is 25.0 Å². The first-order valence-electron chi connectivity index (χ1n) is 8.75. The molecular weight excluding hydrogens is 368 g/mol. The number of aryl methyl sites for hydroxylation is 1. The highest BCUT2D eigenvalue weighted by molar-refractivity contribution is 6.30. The molecular formula is C20H21ClN2O4. The van der Waals surface area contributed by atoms with Crippen LogP contribution in [-0.4, -0.2) is 47.2 Å². The summed E-state index contributed by atoms with van der Waals surface area (Å²) in [7, 11) is 0. The number of nitrogens with one attached hydrogen (secondary N) is 1. The van der Waals surface area contributed by atoms with Crippen LogP contribution >= 0.6 is 11.6 Å². The van der Waals surface area contributed by atoms with Gasteiger partial charge in [0.1, 0.15) is 24.5 Å². The molecule has 2 N–H and O–H groups in total. The number of rotatable bonds is 8. The summed E-state index contributed by atoms with van der Waals surface area (Å²) >= 11 is 5.80. The molecule has 27 heavy (non-hydrogen) atoms. The number of urea groups is 1. The average Bonchev–Trinajstić information content (AvgIpc) is 2.94. The Hall–Kier alpha value is -2.57. The fraction of sp³-hybridized carbons (Fsp3) is 0.300. The van der Waals surface area contributed by atoms with Gasteiger partial charge < -0.3 is 15.2 Å². The van der Waals surface area contributed by atoms with Crippen molar-refractivity contribution in [2.75, 3.05) is 13.2 Å². The molecule has 1 saturated heterocycles. The number of halogens is 1. The highest BCUT2D eigenvalue weighted by atomic mass is 35.5. The molecule has 0 radical (unpaired) electrons. The molecule has 2 atom stereocenters. The Bertz CT molecular complexity index is 782. The summed E-state index contributed by atoms with van der Waals surface area (Å²) < 4.78 is 5.46. The van der Waals surface area contributed by atoms with Crippen LogP contribution in [0.1, 0.15) is 12.0 Å². The third-order valence-electron chi connectivity index (χ3n) is 4.32. The normalized spacial score (nSPS) is 17.7. The minimum absolute atomic E-state index is 0.0344. The molecule has 3 amide bonds. The largest absolute Gasteiger partial charge is 0.491 e. The van der Waals surface area contributed by atoms with Gasteiger partial charge in [-0.1, -0.05) is 41.9 Å². The summed E-state index contributed by atoms with van der Waals surface area (Å²) in [5.41, 5.74) is 1.11. The summed E-state index contributed by atoms with van der Waals surface area (Å²) in [5, 5.41) is 13.4. The first-order chi connectivity index (χ1) is 13.0. The van der Waals surface area contributed by atoms with Gasteiger partial charge in [-0.25, -0.2) is 4.79 Å². The zero-order chi connectivity index (χ0) is 19.2. The quantitative estimate of drug-likeness (QED) is 0.681. The van der Waals surface area contributed by atoms with E-state index in [9.17, 15) is 14.7 Å². The number of benzene rings is 2. The molecule has 1 heterocycles. The monoisotopic (exact) mass is 388 g/mol. The van der Waals surface area contributed by atoms with Crippen molar-refractivity contribution in [3.05, 3.63) is 65.2 Å². The van der Waals surface area contributed by atoms with Gasteiger partial charge in [-0.05, 0) is 42.7 Å². The summed E-state index contributed by atoms with van der Waals surface area (Å²) in [6, 6.07) is 15.4. The second-order valence-corrected chi connectivity index (χ2v) is 6.83. The Morgan fingerprint density at radius 2 is 1.81 bits per heavy atom. The topological polar surface area (TPSA) is 78.9 Å². The van der Waals surface area contributed by atoms with Gasteiger partial charge in [0, 0.05) is 5.02 Å². The molecule has 7 heteroatoms. The minimum Gasteiger partial charge on any atom is -0.491 e. The van der Waals surface area contributed by atoms with E-state index in [1.807, 2.05) is 30.3 Å². The van der Waals surface area contributed by atoms with Crippen molar-refractivity contribution >= 4 is 23.5 Å². The number of hydrogen-bond donors (Lipinski definition) is 2. The van der Waals surface area contributed by atoms with E-state index in [0.29, 0.717) is 23.6 Å². The van der Waals surface area contributed by atoms with Crippen molar-refractivity contribution in [1.82, 2.24) is 10.2 Å². The van der Waals surface area contributed by atoms with Gasteiger partial charge in [0.05, 0.1) is 6.54 Å². The van der Waals surface area contributed by atoms with Crippen LogP contribution in [0.25, 0.3) is 0 Å². The third kappa shape index (κ3) is 5.21. The van der Waals surface area contributed by atoms with Gasteiger partial charge in [-0.3, -0.25) is 9.69 Å². The molecule has 142 valence electrons. The molecule has 2 aromatic carbocycles. The molecule has 2 unspecified atom stereocenters. The number of hydrogen-bond acceptors (Lipinski definition) is 4. The van der Waals surface area contributed by atoms with Crippen LogP contribution in [0.3, 0.4) is 0 Å². The van der Waals surface area contributed by atoms with Crippen molar-refractivity contribution in [3.63, 3.8) is 0 Å². The predicted molar refractivity (Wildman–Crippen MR) is 102 cm³/mol. The Morgan fingerprint density at radius 1 is 1.11 bits per heavy atom. The number of imide groups is 1. The van der Waals surface area contributed by atoms with Crippen LogP contribution in [0.4, 0.5) is 4.79 Å². The molecule has 3 rings (SSSR count). The predicted octanol–water partition coefficient (Wildman–Crippen LogP) is 2.63. The average molecular weight is 389 g/mol. The highest BCUT2D eigenvalue weighted by Crippen LogP contribution is 2.17. The number of β-amino-alcohol motifs (C(OH)–C–C–N with tert-alkyl or cyclic N) is 1. The maximum Gasteiger partial charge on any atom is 0.324 e. The number of nitrogens with zero attached hydrogens (tertiary/aromatic N) is 1. The number of aliphatic hydroxyl groups is 1. The molecule has 1 aliphatic rings. The standard InChI is InChI=1S/C20H21ClN2O4/c21-15-7-9-17(10-8-15)27-13-16(24)12-23-19(25)18(22-20(23)26)11-6-14-4-2-1-3-5-14/h1-5,7-10,16,18,24H,6,11-13H2,(H,22,26). The van der Waals surface area contributed by atoms with E-state index >= 15 is 0 Å². The molecule has 0 aromatic heterocycles. The number of carbonyl (C=O) groups is 2. The van der Waals surface area contributed by atoms with Gasteiger partial charge >= 0.3 is 6.03 Å². The first-order valence-corrected chi connectivity index (χ1v) is 9.13. The van der Waals surface area contributed by atoms with Crippen LogP contribution in [0.15, 0.2) is 54.6 Å². The third-order valence-corrected chi connectivity index (χ3v) is 4.57. The van der Waals surface area contributed by atoms with E-state index in [1.165, 1.54) is 0 Å².